The molecule has 0 amide bonds. The van der Waals surface area contributed by atoms with Gasteiger partial charge in [-0.05, 0) is 23.1 Å². The number of hydrogen-bond acceptors (Lipinski definition) is 4. The summed E-state index contributed by atoms with van der Waals surface area (Å²) >= 11 is 0. The lowest BCUT2D eigenvalue weighted by Crippen LogP contribution is -2.44. The predicted octanol–water partition coefficient (Wildman–Crippen LogP) is 2.78. The molecule has 23 heavy (non-hydrogen) atoms. The Hall–Kier alpha value is -2.66. The van der Waals surface area contributed by atoms with Crippen LogP contribution in [0.25, 0.3) is 21.9 Å². The Balaban J connectivity index is 1.65. The van der Waals surface area contributed by atoms with Gasteiger partial charge in [-0.15, -0.1) is 0 Å². The second-order valence-corrected chi connectivity index (χ2v) is 6.04. The predicted molar refractivity (Wildman–Crippen MR) is 93.1 cm³/mol. The fourth-order valence-electron chi connectivity index (χ4n) is 2.76. The topological polar surface area (TPSA) is 54.8 Å². The van der Waals surface area contributed by atoms with E-state index in [-0.39, 0.29) is 0 Å². The Morgan fingerprint density at radius 1 is 1.22 bits per heavy atom. The van der Waals surface area contributed by atoms with Gasteiger partial charge in [0.2, 0.25) is 0 Å². The van der Waals surface area contributed by atoms with Crippen molar-refractivity contribution in [2.45, 2.75) is 0 Å². The molecule has 0 saturated carbocycles. The number of anilines is 1. The number of fused-ring (bicyclic) bond motifs is 1. The van der Waals surface area contributed by atoms with Crippen LogP contribution in [0.15, 0.2) is 55.1 Å². The Morgan fingerprint density at radius 3 is 2.78 bits per heavy atom. The van der Waals surface area contributed by atoms with Gasteiger partial charge < -0.3 is 10.6 Å². The molecule has 0 atom stereocenters. The molecule has 1 aromatic carbocycles. The van der Waals surface area contributed by atoms with Crippen molar-refractivity contribution in [3.63, 3.8) is 0 Å². The van der Waals surface area contributed by atoms with Gasteiger partial charge in [-0.25, -0.2) is 4.98 Å². The van der Waals surface area contributed by atoms with E-state index in [1.807, 2.05) is 30.3 Å². The van der Waals surface area contributed by atoms with Crippen molar-refractivity contribution < 1.29 is 0 Å². The Labute approximate surface area is 135 Å². The van der Waals surface area contributed by atoms with Gasteiger partial charge in [-0.2, -0.15) is 5.10 Å². The van der Waals surface area contributed by atoms with E-state index < -0.39 is 0 Å². The second-order valence-electron chi connectivity index (χ2n) is 6.04. The van der Waals surface area contributed by atoms with Gasteiger partial charge >= 0.3 is 0 Å². The zero-order chi connectivity index (χ0) is 15.8. The summed E-state index contributed by atoms with van der Waals surface area (Å²) in [6.07, 6.45) is 5.80. The molecule has 1 aliphatic rings. The number of aryl methyl sites for hydroxylation is 1. The van der Waals surface area contributed by atoms with Crippen LogP contribution in [0.3, 0.4) is 0 Å². The summed E-state index contributed by atoms with van der Waals surface area (Å²) in [4.78, 5) is 4.49. The third-order valence-electron chi connectivity index (χ3n) is 4.32. The quantitative estimate of drug-likeness (QED) is 0.778. The van der Waals surface area contributed by atoms with E-state index in [0.717, 1.165) is 46.5 Å². The lowest BCUT2D eigenvalue weighted by Gasteiger charge is -2.29. The highest BCUT2D eigenvalue weighted by Gasteiger charge is 2.20. The number of rotatable bonds is 4. The Bertz CT molecular complexity index is 876. The maximum atomic E-state index is 4.49. The van der Waals surface area contributed by atoms with Crippen molar-refractivity contribution >= 4 is 16.6 Å². The van der Waals surface area contributed by atoms with E-state index in [0.29, 0.717) is 5.92 Å². The van der Waals surface area contributed by atoms with Crippen LogP contribution in [-0.4, -0.2) is 27.9 Å². The molecular formula is C18H19N5. The monoisotopic (exact) mass is 305 g/mol. The molecule has 3 heterocycles. The van der Waals surface area contributed by atoms with Crippen LogP contribution in [0.1, 0.15) is 0 Å². The maximum Gasteiger partial charge on any atom is 0.130 e. The highest BCUT2D eigenvalue weighted by atomic mass is 15.2. The fourth-order valence-corrected chi connectivity index (χ4v) is 2.76. The van der Waals surface area contributed by atoms with E-state index >= 15 is 0 Å². The molecule has 0 bridgehead atoms. The molecule has 2 aromatic heterocycles. The molecule has 5 heteroatoms. The normalized spacial score (nSPS) is 14.7. The average Bonchev–Trinajstić information content (AvgIpc) is 2.91. The largest absolute Gasteiger partial charge is 0.344 e. The van der Waals surface area contributed by atoms with Gasteiger partial charge in [0.05, 0.1) is 6.20 Å². The summed E-state index contributed by atoms with van der Waals surface area (Å²) in [5, 5.41) is 13.1. The van der Waals surface area contributed by atoms with Gasteiger partial charge in [0.25, 0.3) is 0 Å². The number of nitrogens with one attached hydrogen (secondary N) is 2. The van der Waals surface area contributed by atoms with Crippen LogP contribution in [-0.2, 0) is 7.05 Å². The number of aromatic nitrogens is 3. The summed E-state index contributed by atoms with van der Waals surface area (Å²) in [7, 11) is 1.93. The Morgan fingerprint density at radius 2 is 2.09 bits per heavy atom. The highest BCUT2D eigenvalue weighted by molar-refractivity contribution is 5.88. The molecule has 0 spiro atoms. The summed E-state index contributed by atoms with van der Waals surface area (Å²) < 4.78 is 1.82. The summed E-state index contributed by atoms with van der Waals surface area (Å²) in [5.74, 6) is 1.34. The first kappa shape index (κ1) is 14.0. The minimum absolute atomic E-state index is 0.495. The molecule has 1 aliphatic heterocycles. The molecule has 0 unspecified atom stereocenters. The molecule has 0 radical (unpaired) electrons. The van der Waals surface area contributed by atoms with Crippen molar-refractivity contribution in [2.75, 3.05) is 18.4 Å². The molecule has 2 N–H and O–H groups in total. The van der Waals surface area contributed by atoms with Crippen molar-refractivity contribution in [2.24, 2.45) is 13.0 Å². The van der Waals surface area contributed by atoms with E-state index in [9.17, 15) is 0 Å². The van der Waals surface area contributed by atoms with Crippen LogP contribution >= 0.6 is 0 Å². The molecular weight excluding hydrogens is 286 g/mol. The summed E-state index contributed by atoms with van der Waals surface area (Å²) in [6.45, 7) is 6.10. The van der Waals surface area contributed by atoms with Crippen molar-refractivity contribution in [1.82, 2.24) is 20.1 Å². The second kappa shape index (κ2) is 5.52. The number of benzene rings is 1. The van der Waals surface area contributed by atoms with E-state index in [2.05, 4.69) is 51.6 Å². The van der Waals surface area contributed by atoms with Gasteiger partial charge in [-0.3, -0.25) is 4.68 Å². The minimum Gasteiger partial charge on any atom is -0.344 e. The molecule has 1 saturated heterocycles. The van der Waals surface area contributed by atoms with Crippen molar-refractivity contribution in [3.8, 4) is 11.1 Å². The van der Waals surface area contributed by atoms with E-state index in [1.54, 1.807) is 0 Å². The van der Waals surface area contributed by atoms with Gasteiger partial charge in [0.15, 0.2) is 0 Å². The molecule has 3 aromatic rings. The summed E-state index contributed by atoms with van der Waals surface area (Å²) in [5.41, 5.74) is 3.30. The molecule has 4 rings (SSSR count). The first-order valence-corrected chi connectivity index (χ1v) is 7.74. The standard InChI is InChI=1S/C18H19N5/c1-12(16-7-19-8-16)22-18-6-15-5-13(3-4-14(15)9-20-18)17-10-21-23(2)11-17/h3-6,9-11,16,19H,1,7-8H2,2H3,(H,20,22). The third-order valence-corrected chi connectivity index (χ3v) is 4.32. The van der Waals surface area contributed by atoms with Crippen LogP contribution in [0, 0.1) is 5.92 Å². The first-order valence-electron chi connectivity index (χ1n) is 7.74. The SMILES string of the molecule is C=C(Nc1cc2cc(-c3cnn(C)c3)ccc2cn1)C1CNC1. The fraction of sp³-hybridized carbons (Fsp3) is 0.222. The molecule has 0 aliphatic carbocycles. The number of pyridine rings is 1. The minimum atomic E-state index is 0.495. The van der Waals surface area contributed by atoms with Crippen molar-refractivity contribution in [1.29, 1.82) is 0 Å². The van der Waals surface area contributed by atoms with Crippen molar-refractivity contribution in [3.05, 3.63) is 55.1 Å². The average molecular weight is 305 g/mol. The van der Waals surface area contributed by atoms with Crippen LogP contribution in [0.5, 0.6) is 0 Å². The number of hydrogen-bond donors (Lipinski definition) is 2. The zero-order valence-electron chi connectivity index (χ0n) is 13.1. The van der Waals surface area contributed by atoms with Crippen LogP contribution < -0.4 is 10.6 Å². The van der Waals surface area contributed by atoms with Crippen LogP contribution in [0.4, 0.5) is 5.82 Å². The maximum absolute atomic E-state index is 4.49. The van der Waals surface area contributed by atoms with Crippen LogP contribution in [0.2, 0.25) is 0 Å². The summed E-state index contributed by atoms with van der Waals surface area (Å²) in [6, 6.07) is 8.45. The van der Waals surface area contributed by atoms with Gasteiger partial charge in [0.1, 0.15) is 5.82 Å². The van der Waals surface area contributed by atoms with Gasteiger partial charge in [0, 0.05) is 55.1 Å². The molecule has 1 fully saturated rings. The number of nitrogens with zero attached hydrogens (tertiary/aromatic N) is 3. The van der Waals surface area contributed by atoms with E-state index in [4.69, 9.17) is 0 Å². The zero-order valence-corrected chi connectivity index (χ0v) is 13.1. The third kappa shape index (κ3) is 2.71. The lowest BCUT2D eigenvalue weighted by molar-refractivity contribution is 0.402. The lowest BCUT2D eigenvalue weighted by atomic mass is 10.00. The highest BCUT2D eigenvalue weighted by Crippen LogP contribution is 2.26. The van der Waals surface area contributed by atoms with Gasteiger partial charge in [-0.1, -0.05) is 18.7 Å². The molecule has 116 valence electrons. The van der Waals surface area contributed by atoms with E-state index in [1.165, 1.54) is 0 Å². The molecule has 5 nitrogen and oxygen atoms in total. The Kier molecular flexibility index (Phi) is 3.35. The smallest absolute Gasteiger partial charge is 0.130 e. The first-order chi connectivity index (χ1) is 11.2.